The lowest BCUT2D eigenvalue weighted by Crippen LogP contribution is -2.50. The fourth-order valence-electron chi connectivity index (χ4n) is 4.32. The van der Waals surface area contributed by atoms with Crippen molar-refractivity contribution < 1.29 is 24.2 Å². The summed E-state index contributed by atoms with van der Waals surface area (Å²) >= 11 is 0. The van der Waals surface area contributed by atoms with E-state index in [0.717, 1.165) is 6.42 Å². The number of hydrogen-bond acceptors (Lipinski definition) is 5. The van der Waals surface area contributed by atoms with Crippen molar-refractivity contribution in [1.29, 1.82) is 0 Å². The Morgan fingerprint density at radius 1 is 1.22 bits per heavy atom. The van der Waals surface area contributed by atoms with Crippen molar-refractivity contribution in [2.45, 2.75) is 26.2 Å². The minimum absolute atomic E-state index is 0.0154. The second kappa shape index (κ2) is 6.34. The van der Waals surface area contributed by atoms with E-state index < -0.39 is 17.8 Å². The van der Waals surface area contributed by atoms with Gasteiger partial charge in [0.15, 0.2) is 0 Å². The van der Waals surface area contributed by atoms with E-state index >= 15 is 0 Å². The first-order chi connectivity index (χ1) is 11.0. The van der Waals surface area contributed by atoms with Gasteiger partial charge < -0.3 is 19.5 Å². The first kappa shape index (κ1) is 16.0. The molecule has 1 saturated heterocycles. The van der Waals surface area contributed by atoms with Crippen LogP contribution in [0.15, 0.2) is 12.2 Å². The lowest BCUT2D eigenvalue weighted by atomic mass is 9.81. The molecular formula is C17H22NO5-. The number of esters is 1. The van der Waals surface area contributed by atoms with Gasteiger partial charge in [-0.3, -0.25) is 9.59 Å². The highest BCUT2D eigenvalue weighted by molar-refractivity contribution is 5.87. The number of likely N-dealkylation sites (tertiary alicyclic amines) is 1. The second-order valence-corrected chi connectivity index (χ2v) is 6.69. The van der Waals surface area contributed by atoms with Crippen LogP contribution >= 0.6 is 0 Å². The van der Waals surface area contributed by atoms with Crippen LogP contribution in [0.4, 0.5) is 0 Å². The van der Waals surface area contributed by atoms with Crippen molar-refractivity contribution >= 4 is 17.8 Å². The fraction of sp³-hybridized carbons (Fsp3) is 0.706. The number of aliphatic carboxylic acids is 1. The molecule has 0 spiro atoms. The minimum atomic E-state index is -1.14. The van der Waals surface area contributed by atoms with Crippen molar-refractivity contribution in [2.75, 3.05) is 19.7 Å². The van der Waals surface area contributed by atoms with E-state index in [1.54, 1.807) is 11.8 Å². The first-order valence-corrected chi connectivity index (χ1v) is 8.37. The number of carbonyl (C=O) groups is 3. The molecule has 0 N–H and O–H groups in total. The maximum atomic E-state index is 12.9. The van der Waals surface area contributed by atoms with Crippen molar-refractivity contribution in [1.82, 2.24) is 4.90 Å². The molecule has 3 aliphatic rings. The van der Waals surface area contributed by atoms with Gasteiger partial charge in [-0.2, -0.15) is 0 Å². The number of allylic oxidation sites excluding steroid dienone is 2. The molecule has 126 valence electrons. The first-order valence-electron chi connectivity index (χ1n) is 8.37. The number of amides is 1. The summed E-state index contributed by atoms with van der Waals surface area (Å²) in [6.07, 6.45) is 6.02. The molecule has 23 heavy (non-hydrogen) atoms. The number of carboxylic acids is 1. The highest BCUT2D eigenvalue weighted by Crippen LogP contribution is 2.48. The summed E-state index contributed by atoms with van der Waals surface area (Å²) in [7, 11) is 0. The van der Waals surface area contributed by atoms with Crippen LogP contribution in [0.2, 0.25) is 0 Å². The van der Waals surface area contributed by atoms with E-state index in [2.05, 4.69) is 0 Å². The standard InChI is InChI=1S/C17H23NO5/c1-2-23-17(22)12-4-3-7-18(9-12)15(19)13-10-5-6-11(8-10)14(13)16(20)21/h5-6,10-14H,2-4,7-9H2,1H3,(H,20,21)/p-1/t10-,11-,12-,13+,14-/m1/s1. The van der Waals surface area contributed by atoms with Crippen molar-refractivity contribution in [3.05, 3.63) is 12.2 Å². The quantitative estimate of drug-likeness (QED) is 0.536. The maximum absolute atomic E-state index is 12.9. The summed E-state index contributed by atoms with van der Waals surface area (Å²) < 4.78 is 5.05. The Bertz CT molecular complexity index is 543. The maximum Gasteiger partial charge on any atom is 0.310 e. The van der Waals surface area contributed by atoms with Gasteiger partial charge in [-0.25, -0.2) is 0 Å². The summed E-state index contributed by atoms with van der Waals surface area (Å²) in [6.45, 7) is 2.99. The lowest BCUT2D eigenvalue weighted by Gasteiger charge is -2.37. The summed E-state index contributed by atoms with van der Waals surface area (Å²) in [5, 5.41) is 11.5. The van der Waals surface area contributed by atoms with Gasteiger partial charge in [0.05, 0.1) is 18.4 Å². The number of rotatable bonds is 4. The normalized spacial score (nSPS) is 35.3. The summed E-state index contributed by atoms with van der Waals surface area (Å²) in [5.41, 5.74) is 0. The molecule has 1 saturated carbocycles. The van der Waals surface area contributed by atoms with Crippen LogP contribution in [-0.2, 0) is 19.1 Å². The second-order valence-electron chi connectivity index (χ2n) is 6.69. The minimum Gasteiger partial charge on any atom is -0.550 e. The Kier molecular flexibility index (Phi) is 4.41. The molecule has 0 unspecified atom stereocenters. The third-order valence-corrected chi connectivity index (χ3v) is 5.37. The van der Waals surface area contributed by atoms with Crippen LogP contribution in [0, 0.1) is 29.6 Å². The van der Waals surface area contributed by atoms with Gasteiger partial charge in [0.1, 0.15) is 0 Å². The average Bonchev–Trinajstić information content (AvgIpc) is 3.15. The monoisotopic (exact) mass is 320 g/mol. The molecule has 0 aromatic heterocycles. The Hall–Kier alpha value is -1.85. The van der Waals surface area contributed by atoms with E-state index in [-0.39, 0.29) is 29.6 Å². The van der Waals surface area contributed by atoms with Gasteiger partial charge in [-0.15, -0.1) is 0 Å². The largest absolute Gasteiger partial charge is 0.550 e. The van der Waals surface area contributed by atoms with Crippen molar-refractivity contribution in [3.8, 4) is 0 Å². The fourth-order valence-corrected chi connectivity index (χ4v) is 4.32. The predicted molar refractivity (Wildman–Crippen MR) is 78.7 cm³/mol. The van der Waals surface area contributed by atoms with Crippen LogP contribution < -0.4 is 5.11 Å². The number of hydrogen-bond donors (Lipinski definition) is 0. The van der Waals surface area contributed by atoms with Gasteiger partial charge in [0, 0.05) is 25.0 Å². The zero-order valence-electron chi connectivity index (χ0n) is 13.3. The summed E-state index contributed by atoms with van der Waals surface area (Å²) in [4.78, 5) is 37.9. The lowest BCUT2D eigenvalue weighted by molar-refractivity contribution is -0.313. The third kappa shape index (κ3) is 2.86. The van der Waals surface area contributed by atoms with Gasteiger partial charge in [0.25, 0.3) is 0 Å². The van der Waals surface area contributed by atoms with E-state index in [1.807, 2.05) is 12.2 Å². The van der Waals surface area contributed by atoms with Gasteiger partial charge >= 0.3 is 5.97 Å². The Morgan fingerprint density at radius 3 is 2.57 bits per heavy atom. The van der Waals surface area contributed by atoms with Crippen molar-refractivity contribution in [3.63, 3.8) is 0 Å². The molecule has 6 heteroatoms. The van der Waals surface area contributed by atoms with E-state index in [4.69, 9.17) is 4.74 Å². The van der Waals surface area contributed by atoms with E-state index in [1.165, 1.54) is 0 Å². The molecule has 5 atom stereocenters. The Morgan fingerprint density at radius 2 is 1.91 bits per heavy atom. The molecule has 1 aliphatic heterocycles. The molecule has 0 aromatic carbocycles. The van der Waals surface area contributed by atoms with Crippen molar-refractivity contribution in [2.24, 2.45) is 29.6 Å². The highest BCUT2D eigenvalue weighted by atomic mass is 16.5. The molecule has 6 nitrogen and oxygen atoms in total. The summed E-state index contributed by atoms with van der Waals surface area (Å²) in [6, 6.07) is 0. The molecule has 3 rings (SSSR count). The van der Waals surface area contributed by atoms with Crippen LogP contribution in [0.5, 0.6) is 0 Å². The average molecular weight is 320 g/mol. The molecule has 1 heterocycles. The highest BCUT2D eigenvalue weighted by Gasteiger charge is 2.50. The molecular weight excluding hydrogens is 298 g/mol. The Labute approximate surface area is 135 Å². The summed E-state index contributed by atoms with van der Waals surface area (Å²) in [5.74, 6) is -3.25. The number of fused-ring (bicyclic) bond motifs is 2. The zero-order chi connectivity index (χ0) is 16.6. The van der Waals surface area contributed by atoms with Crippen LogP contribution in [0.3, 0.4) is 0 Å². The Balaban J connectivity index is 1.71. The molecule has 2 aliphatic carbocycles. The van der Waals surface area contributed by atoms with E-state index in [0.29, 0.717) is 32.5 Å². The topological polar surface area (TPSA) is 86.7 Å². The number of piperidine rings is 1. The number of nitrogens with zero attached hydrogens (tertiary/aromatic N) is 1. The SMILES string of the molecule is CCOC(=O)[C@@H]1CCCN(C(=O)[C@@H]2[C@H](C(=O)[O-])[C@@H]3C=C[C@@H]2C3)C1. The van der Waals surface area contributed by atoms with Crippen LogP contribution in [-0.4, -0.2) is 42.4 Å². The number of carbonyl (C=O) groups excluding carboxylic acids is 3. The molecule has 1 amide bonds. The van der Waals surface area contributed by atoms with Gasteiger partial charge in [0.2, 0.25) is 5.91 Å². The predicted octanol–water partition coefficient (Wildman–Crippen LogP) is -0.0237. The van der Waals surface area contributed by atoms with Crippen LogP contribution in [0.25, 0.3) is 0 Å². The smallest absolute Gasteiger partial charge is 0.310 e. The third-order valence-electron chi connectivity index (χ3n) is 5.37. The molecule has 2 bridgehead atoms. The van der Waals surface area contributed by atoms with Crippen LogP contribution in [0.1, 0.15) is 26.2 Å². The molecule has 0 radical (unpaired) electrons. The van der Waals surface area contributed by atoms with Gasteiger partial charge in [-0.1, -0.05) is 12.2 Å². The number of ether oxygens (including phenoxy) is 1. The van der Waals surface area contributed by atoms with E-state index in [9.17, 15) is 19.5 Å². The molecule has 0 aromatic rings. The van der Waals surface area contributed by atoms with Gasteiger partial charge in [-0.05, 0) is 38.0 Å². The zero-order valence-corrected chi connectivity index (χ0v) is 13.3. The molecule has 2 fully saturated rings. The number of carboxylic acid groups (broad SMARTS) is 1.